The van der Waals surface area contributed by atoms with Crippen molar-refractivity contribution in [3.8, 4) is 0 Å². The van der Waals surface area contributed by atoms with E-state index in [9.17, 15) is 0 Å². The fraction of sp³-hybridized carbons (Fsp3) is 0.0952. The van der Waals surface area contributed by atoms with E-state index in [4.69, 9.17) is 0 Å². The van der Waals surface area contributed by atoms with E-state index in [0.717, 1.165) is 34.1 Å². The Morgan fingerprint density at radius 3 is 1.02 bits per heavy atom. The summed E-state index contributed by atoms with van der Waals surface area (Å²) in [5.41, 5.74) is 11.7. The van der Waals surface area contributed by atoms with Gasteiger partial charge in [-0.3, -0.25) is 0 Å². The van der Waals surface area contributed by atoms with Crippen LogP contribution in [-0.4, -0.2) is 0 Å². The number of nitrogens with zero attached hydrogens (tertiary/aromatic N) is 2. The quantitative estimate of drug-likeness (QED) is 0.145. The number of aryl methyl sites for hydroxylation is 4. The SMILES string of the molecule is Cc1ccc(N(c2cccc(C)c2)c2c(N(c3ccc(C)cc3)c3cccc(C)c3)c3ccccc3c3ccccc23)cc1. The molecule has 0 spiro atoms. The van der Waals surface area contributed by atoms with Crippen LogP contribution in [0.1, 0.15) is 22.3 Å². The molecule has 0 radical (unpaired) electrons. The number of rotatable bonds is 6. The molecule has 0 atom stereocenters. The van der Waals surface area contributed by atoms with E-state index in [0.29, 0.717) is 0 Å². The summed E-state index contributed by atoms with van der Waals surface area (Å²) in [6.07, 6.45) is 0. The van der Waals surface area contributed by atoms with Crippen molar-refractivity contribution in [1.82, 2.24) is 0 Å². The van der Waals surface area contributed by atoms with E-state index in [2.05, 4.69) is 183 Å². The largest absolute Gasteiger partial charge is 0.308 e. The van der Waals surface area contributed by atoms with Crippen LogP contribution >= 0.6 is 0 Å². The Bertz CT molecular complexity index is 1950. The van der Waals surface area contributed by atoms with Crippen molar-refractivity contribution in [3.63, 3.8) is 0 Å². The van der Waals surface area contributed by atoms with Crippen molar-refractivity contribution in [2.24, 2.45) is 0 Å². The molecule has 0 aromatic heterocycles. The first kappa shape index (κ1) is 27.5. The summed E-state index contributed by atoms with van der Waals surface area (Å²) >= 11 is 0. The van der Waals surface area contributed by atoms with Gasteiger partial charge in [-0.25, -0.2) is 0 Å². The van der Waals surface area contributed by atoms with Gasteiger partial charge in [-0.05, 0) is 98.1 Å². The zero-order valence-electron chi connectivity index (χ0n) is 25.8. The number of hydrogen-bond acceptors (Lipinski definition) is 2. The molecule has 0 aliphatic heterocycles. The lowest BCUT2D eigenvalue weighted by atomic mass is 9.95. The summed E-state index contributed by atoms with van der Waals surface area (Å²) < 4.78 is 0. The van der Waals surface area contributed by atoms with E-state index in [-0.39, 0.29) is 0 Å². The molecule has 0 aliphatic rings. The first-order chi connectivity index (χ1) is 21.5. The van der Waals surface area contributed by atoms with Gasteiger partial charge in [0, 0.05) is 33.5 Å². The molecule has 0 N–H and O–H groups in total. The van der Waals surface area contributed by atoms with Gasteiger partial charge in [-0.2, -0.15) is 0 Å². The summed E-state index contributed by atoms with van der Waals surface area (Å²) in [5, 5.41) is 4.88. The summed E-state index contributed by atoms with van der Waals surface area (Å²) in [5.74, 6) is 0. The van der Waals surface area contributed by atoms with Gasteiger partial charge < -0.3 is 9.80 Å². The maximum Gasteiger partial charge on any atom is 0.0788 e. The van der Waals surface area contributed by atoms with Crippen molar-refractivity contribution in [3.05, 3.63) is 168 Å². The summed E-state index contributed by atoms with van der Waals surface area (Å²) in [6.45, 7) is 8.63. The number of anilines is 6. The van der Waals surface area contributed by atoms with Gasteiger partial charge in [-0.1, -0.05) is 108 Å². The topological polar surface area (TPSA) is 6.48 Å². The zero-order valence-corrected chi connectivity index (χ0v) is 25.8. The van der Waals surface area contributed by atoms with Crippen molar-refractivity contribution < 1.29 is 0 Å². The molecular weight excluding hydrogens is 532 g/mol. The molecule has 0 fully saturated rings. The third-order valence-electron chi connectivity index (χ3n) is 8.43. The van der Waals surface area contributed by atoms with Crippen LogP contribution in [0.25, 0.3) is 21.5 Å². The van der Waals surface area contributed by atoms with Gasteiger partial charge in [0.1, 0.15) is 0 Å². The molecule has 2 heteroatoms. The van der Waals surface area contributed by atoms with Crippen molar-refractivity contribution in [1.29, 1.82) is 0 Å². The molecule has 7 aromatic carbocycles. The summed E-state index contributed by atoms with van der Waals surface area (Å²) in [7, 11) is 0. The van der Waals surface area contributed by atoms with E-state index < -0.39 is 0 Å². The van der Waals surface area contributed by atoms with Gasteiger partial charge in [0.25, 0.3) is 0 Å². The molecule has 0 unspecified atom stereocenters. The number of hydrogen-bond donors (Lipinski definition) is 0. The first-order valence-electron chi connectivity index (χ1n) is 15.3. The molecule has 0 saturated heterocycles. The van der Waals surface area contributed by atoms with Crippen molar-refractivity contribution in [2.45, 2.75) is 27.7 Å². The number of benzene rings is 7. The summed E-state index contributed by atoms with van der Waals surface area (Å²) in [4.78, 5) is 4.90. The minimum Gasteiger partial charge on any atom is -0.308 e. The molecule has 0 saturated carbocycles. The Kier molecular flexibility index (Phi) is 7.12. The lowest BCUT2D eigenvalue weighted by Gasteiger charge is -2.35. The molecule has 0 heterocycles. The molecule has 0 aliphatic carbocycles. The minimum absolute atomic E-state index is 1.12. The molecule has 0 bridgehead atoms. The molecule has 7 rings (SSSR count). The number of fused-ring (bicyclic) bond motifs is 3. The van der Waals surface area contributed by atoms with Gasteiger partial charge in [0.05, 0.1) is 11.4 Å². The van der Waals surface area contributed by atoms with E-state index in [1.807, 2.05) is 0 Å². The minimum atomic E-state index is 1.12. The lowest BCUT2D eigenvalue weighted by molar-refractivity contribution is 1.23. The maximum atomic E-state index is 2.45. The third kappa shape index (κ3) is 4.99. The predicted molar refractivity (Wildman–Crippen MR) is 190 cm³/mol. The predicted octanol–water partition coefficient (Wildman–Crippen LogP) is 12.2. The molecule has 7 aromatic rings. The highest BCUT2D eigenvalue weighted by Crippen LogP contribution is 2.53. The van der Waals surface area contributed by atoms with Crippen LogP contribution in [0.4, 0.5) is 34.1 Å². The average Bonchev–Trinajstić information content (AvgIpc) is 3.04. The van der Waals surface area contributed by atoms with Crippen molar-refractivity contribution in [2.75, 3.05) is 9.80 Å². The van der Waals surface area contributed by atoms with E-state index in [1.54, 1.807) is 0 Å². The van der Waals surface area contributed by atoms with Gasteiger partial charge in [0.2, 0.25) is 0 Å². The smallest absolute Gasteiger partial charge is 0.0788 e. The first-order valence-corrected chi connectivity index (χ1v) is 15.3. The van der Waals surface area contributed by atoms with Gasteiger partial charge >= 0.3 is 0 Å². The second kappa shape index (κ2) is 11.4. The van der Waals surface area contributed by atoms with E-state index in [1.165, 1.54) is 43.8 Å². The van der Waals surface area contributed by atoms with Gasteiger partial charge in [-0.15, -0.1) is 0 Å². The highest BCUT2D eigenvalue weighted by molar-refractivity contribution is 6.23. The Labute approximate surface area is 260 Å². The molecule has 0 amide bonds. The van der Waals surface area contributed by atoms with Crippen LogP contribution in [-0.2, 0) is 0 Å². The molecule has 214 valence electrons. The summed E-state index contributed by atoms with van der Waals surface area (Å²) in [6, 6.07) is 53.2. The average molecular weight is 569 g/mol. The van der Waals surface area contributed by atoms with Gasteiger partial charge in [0.15, 0.2) is 0 Å². The van der Waals surface area contributed by atoms with Crippen molar-refractivity contribution >= 4 is 55.7 Å². The second-order valence-corrected chi connectivity index (χ2v) is 11.8. The fourth-order valence-electron chi connectivity index (χ4n) is 6.29. The van der Waals surface area contributed by atoms with Crippen LogP contribution in [0.5, 0.6) is 0 Å². The molecule has 44 heavy (non-hydrogen) atoms. The second-order valence-electron chi connectivity index (χ2n) is 11.8. The van der Waals surface area contributed by atoms with Crippen LogP contribution in [0.3, 0.4) is 0 Å². The highest BCUT2D eigenvalue weighted by Gasteiger charge is 2.27. The third-order valence-corrected chi connectivity index (χ3v) is 8.43. The van der Waals surface area contributed by atoms with Crippen LogP contribution in [0.15, 0.2) is 146 Å². The van der Waals surface area contributed by atoms with E-state index >= 15 is 0 Å². The lowest BCUT2D eigenvalue weighted by Crippen LogP contribution is -2.18. The van der Waals surface area contributed by atoms with Crippen LogP contribution in [0.2, 0.25) is 0 Å². The monoisotopic (exact) mass is 568 g/mol. The zero-order chi connectivity index (χ0) is 30.2. The Balaban J connectivity index is 1.69. The fourth-order valence-corrected chi connectivity index (χ4v) is 6.29. The van der Waals surface area contributed by atoms with Crippen LogP contribution in [0, 0.1) is 27.7 Å². The van der Waals surface area contributed by atoms with Crippen LogP contribution < -0.4 is 9.80 Å². The molecule has 2 nitrogen and oxygen atoms in total. The maximum absolute atomic E-state index is 2.45. The normalized spacial score (nSPS) is 11.2. The Morgan fingerprint density at radius 2 is 0.659 bits per heavy atom. The molecular formula is C42H36N2. The Morgan fingerprint density at radius 1 is 0.295 bits per heavy atom. The highest BCUT2D eigenvalue weighted by atomic mass is 15.2. The standard InChI is InChI=1S/C42H36N2/c1-29-19-23-33(24-20-29)43(35-13-9-11-31(3)27-35)41-39-17-7-5-15-37(39)38-16-6-8-18-40(38)42(41)44(34-25-21-30(2)22-26-34)36-14-10-12-32(4)28-36/h5-28H,1-4H3. The Hall–Kier alpha value is -5.34.